The average Bonchev–Trinajstić information content (AvgIpc) is 3.43. The van der Waals surface area contributed by atoms with E-state index in [1.807, 2.05) is 12.1 Å². The third-order valence-electron chi connectivity index (χ3n) is 6.56. The van der Waals surface area contributed by atoms with Gasteiger partial charge in [0, 0.05) is 5.69 Å². The first kappa shape index (κ1) is 23.6. The molecule has 8 nitrogen and oxygen atoms in total. The molecule has 2 aliphatic rings. The molecule has 2 heterocycles. The summed E-state index contributed by atoms with van der Waals surface area (Å²) in [5.74, 6) is -1.38. The number of hydrogen-bond donors (Lipinski definition) is 2. The molecule has 5 rings (SSSR count). The Morgan fingerprint density at radius 2 is 1.89 bits per heavy atom. The number of benzene rings is 2. The first-order chi connectivity index (χ1) is 17.0. The topological polar surface area (TPSA) is 96.3 Å². The Morgan fingerprint density at radius 3 is 2.58 bits per heavy atom. The molecular formula is C25H22F3N5O3. The third kappa shape index (κ3) is 3.80. The van der Waals surface area contributed by atoms with Crippen LogP contribution in [0.1, 0.15) is 34.5 Å². The van der Waals surface area contributed by atoms with Crippen LogP contribution in [0, 0.1) is 13.8 Å². The molecule has 1 aromatic heterocycles. The van der Waals surface area contributed by atoms with E-state index in [9.17, 15) is 27.6 Å². The first-order valence-electron chi connectivity index (χ1n) is 11.3. The first-order valence-corrected chi connectivity index (χ1v) is 11.3. The van der Waals surface area contributed by atoms with Gasteiger partial charge in [-0.2, -0.15) is 18.3 Å². The lowest BCUT2D eigenvalue weighted by molar-refractivity contribution is -0.137. The summed E-state index contributed by atoms with van der Waals surface area (Å²) in [4.78, 5) is 39.8. The van der Waals surface area contributed by atoms with Crippen molar-refractivity contribution < 1.29 is 27.6 Å². The van der Waals surface area contributed by atoms with Crippen LogP contribution in [0.15, 0.2) is 48.5 Å². The highest BCUT2D eigenvalue weighted by molar-refractivity contribution is 6.11. The SMILES string of the molecule is Cc1cc(C)n(-c2ccc(C(F)(F)F)cc2NC(=O)CN2C(=O)NC3(CCc4ccccc43)C2=O)n1. The smallest absolute Gasteiger partial charge is 0.323 e. The second kappa shape index (κ2) is 8.21. The van der Waals surface area contributed by atoms with Gasteiger partial charge in [0.05, 0.1) is 22.6 Å². The second-order valence-corrected chi connectivity index (χ2v) is 9.00. The molecule has 0 radical (unpaired) electrons. The Balaban J connectivity index is 1.42. The van der Waals surface area contributed by atoms with Gasteiger partial charge in [0.1, 0.15) is 12.1 Å². The van der Waals surface area contributed by atoms with Gasteiger partial charge < -0.3 is 10.6 Å². The number of rotatable bonds is 4. The number of carbonyl (C=O) groups is 3. The lowest BCUT2D eigenvalue weighted by Gasteiger charge is -2.22. The van der Waals surface area contributed by atoms with Gasteiger partial charge in [0.2, 0.25) is 5.91 Å². The molecule has 186 valence electrons. The van der Waals surface area contributed by atoms with E-state index in [-0.39, 0.29) is 11.4 Å². The lowest BCUT2D eigenvalue weighted by atomic mass is 9.92. The maximum absolute atomic E-state index is 13.4. The van der Waals surface area contributed by atoms with Crippen molar-refractivity contribution in [3.63, 3.8) is 0 Å². The molecule has 0 bridgehead atoms. The van der Waals surface area contributed by atoms with Crippen LogP contribution in [0.4, 0.5) is 23.7 Å². The summed E-state index contributed by atoms with van der Waals surface area (Å²) in [6.45, 7) is 2.82. The molecule has 2 N–H and O–H groups in total. The maximum atomic E-state index is 13.4. The van der Waals surface area contributed by atoms with Crippen molar-refractivity contribution >= 4 is 23.5 Å². The largest absolute Gasteiger partial charge is 0.416 e. The molecule has 1 aliphatic heterocycles. The normalized spacial score (nSPS) is 19.1. The quantitative estimate of drug-likeness (QED) is 0.536. The van der Waals surface area contributed by atoms with E-state index in [0.717, 1.165) is 22.6 Å². The Labute approximate surface area is 204 Å². The highest BCUT2D eigenvalue weighted by atomic mass is 19.4. The van der Waals surface area contributed by atoms with Crippen LogP contribution in [0.25, 0.3) is 5.69 Å². The zero-order valence-electron chi connectivity index (χ0n) is 19.4. The van der Waals surface area contributed by atoms with Gasteiger partial charge in [0.15, 0.2) is 0 Å². The van der Waals surface area contributed by atoms with Crippen molar-refractivity contribution in [2.75, 3.05) is 11.9 Å². The number of amides is 4. The summed E-state index contributed by atoms with van der Waals surface area (Å²) in [6, 6.07) is 11.2. The monoisotopic (exact) mass is 497 g/mol. The van der Waals surface area contributed by atoms with Crippen molar-refractivity contribution in [3.8, 4) is 5.69 Å². The number of imide groups is 1. The molecule has 1 unspecified atom stereocenters. The molecule has 1 atom stereocenters. The predicted octanol–water partition coefficient (Wildman–Crippen LogP) is 3.84. The number of carbonyl (C=O) groups excluding carboxylic acids is 3. The number of aryl methyl sites for hydroxylation is 3. The molecule has 1 saturated heterocycles. The standard InChI is InChI=1S/C25H22F3N5O3/c1-14-11-15(2)33(31-14)20-8-7-17(25(26,27)28)12-19(20)29-21(34)13-32-22(35)24(30-23(32)36)10-9-16-5-3-4-6-18(16)24/h3-8,11-12H,9-10,13H2,1-2H3,(H,29,34)(H,30,36). The number of fused-ring (bicyclic) bond motifs is 2. The van der Waals surface area contributed by atoms with Crippen LogP contribution >= 0.6 is 0 Å². The number of alkyl halides is 3. The van der Waals surface area contributed by atoms with Crippen LogP contribution in [0.3, 0.4) is 0 Å². The summed E-state index contributed by atoms with van der Waals surface area (Å²) in [6.07, 6.45) is -3.68. The Kier molecular flexibility index (Phi) is 5.38. The van der Waals surface area contributed by atoms with E-state index < -0.39 is 41.7 Å². The Bertz CT molecular complexity index is 1410. The van der Waals surface area contributed by atoms with E-state index in [2.05, 4.69) is 15.7 Å². The van der Waals surface area contributed by atoms with Crippen LogP contribution < -0.4 is 10.6 Å². The minimum atomic E-state index is -4.64. The van der Waals surface area contributed by atoms with Crippen LogP contribution in [-0.2, 0) is 27.7 Å². The molecule has 1 aliphatic carbocycles. The van der Waals surface area contributed by atoms with Crippen molar-refractivity contribution in [1.29, 1.82) is 0 Å². The summed E-state index contributed by atoms with van der Waals surface area (Å²) >= 11 is 0. The predicted molar refractivity (Wildman–Crippen MR) is 123 cm³/mol. The van der Waals surface area contributed by atoms with Gasteiger partial charge in [-0.25, -0.2) is 9.48 Å². The van der Waals surface area contributed by atoms with Gasteiger partial charge in [-0.1, -0.05) is 24.3 Å². The number of anilines is 1. The molecule has 0 saturated carbocycles. The number of halogens is 3. The third-order valence-corrected chi connectivity index (χ3v) is 6.56. The number of nitrogens with one attached hydrogen (secondary N) is 2. The van der Waals surface area contributed by atoms with Gasteiger partial charge in [-0.3, -0.25) is 14.5 Å². The minimum absolute atomic E-state index is 0.144. The zero-order valence-corrected chi connectivity index (χ0v) is 19.4. The molecule has 3 aromatic rings. The van der Waals surface area contributed by atoms with Gasteiger partial charge >= 0.3 is 12.2 Å². The Hall–Kier alpha value is -4.15. The molecule has 36 heavy (non-hydrogen) atoms. The molecule has 4 amide bonds. The summed E-state index contributed by atoms with van der Waals surface area (Å²) in [5.41, 5.74) is 0.810. The van der Waals surface area contributed by atoms with E-state index in [4.69, 9.17) is 0 Å². The van der Waals surface area contributed by atoms with E-state index in [1.54, 1.807) is 32.0 Å². The fraction of sp³-hybridized carbons (Fsp3) is 0.280. The van der Waals surface area contributed by atoms with Crippen LogP contribution in [0.5, 0.6) is 0 Å². The minimum Gasteiger partial charge on any atom is -0.323 e. The van der Waals surface area contributed by atoms with E-state index in [0.29, 0.717) is 29.8 Å². The molecule has 2 aromatic carbocycles. The molecule has 11 heteroatoms. The van der Waals surface area contributed by atoms with Crippen molar-refractivity contribution in [3.05, 3.63) is 76.6 Å². The van der Waals surface area contributed by atoms with Gasteiger partial charge in [0.25, 0.3) is 5.91 Å². The number of aromatic nitrogens is 2. The van der Waals surface area contributed by atoms with Gasteiger partial charge in [-0.05, 0) is 62.1 Å². The summed E-state index contributed by atoms with van der Waals surface area (Å²) in [5, 5.41) is 9.47. The fourth-order valence-electron chi connectivity index (χ4n) is 4.94. The van der Waals surface area contributed by atoms with Crippen molar-refractivity contribution in [2.45, 2.75) is 38.4 Å². The molecule has 1 fully saturated rings. The van der Waals surface area contributed by atoms with Crippen molar-refractivity contribution in [1.82, 2.24) is 20.0 Å². The number of nitrogens with zero attached hydrogens (tertiary/aromatic N) is 3. The second-order valence-electron chi connectivity index (χ2n) is 9.00. The fourth-order valence-corrected chi connectivity index (χ4v) is 4.94. The summed E-state index contributed by atoms with van der Waals surface area (Å²) in [7, 11) is 0. The average molecular weight is 497 g/mol. The highest BCUT2D eigenvalue weighted by Crippen LogP contribution is 2.41. The van der Waals surface area contributed by atoms with Gasteiger partial charge in [-0.15, -0.1) is 0 Å². The Morgan fingerprint density at radius 1 is 1.14 bits per heavy atom. The maximum Gasteiger partial charge on any atom is 0.416 e. The highest BCUT2D eigenvalue weighted by Gasteiger charge is 2.55. The van der Waals surface area contributed by atoms with Crippen molar-refractivity contribution in [2.24, 2.45) is 0 Å². The number of hydrogen-bond acceptors (Lipinski definition) is 4. The zero-order chi connectivity index (χ0) is 25.8. The van der Waals surface area contributed by atoms with Crippen LogP contribution in [0.2, 0.25) is 0 Å². The lowest BCUT2D eigenvalue weighted by Crippen LogP contribution is -2.43. The molecular weight excluding hydrogens is 475 g/mol. The molecule has 1 spiro atoms. The van der Waals surface area contributed by atoms with E-state index >= 15 is 0 Å². The summed E-state index contributed by atoms with van der Waals surface area (Å²) < 4.78 is 41.6. The number of urea groups is 1. The van der Waals surface area contributed by atoms with E-state index in [1.165, 1.54) is 10.7 Å². The van der Waals surface area contributed by atoms with Crippen LogP contribution in [-0.4, -0.2) is 39.1 Å².